The standard InChI is InChI=1S/C15H30N2/c1-3-14-11-17(8-7-15(14)16)10-13-6-4-5-12(2)9-13/h12-15H,3-11,16H2,1-2H3. The molecule has 2 aliphatic rings. The first-order valence-electron chi connectivity index (χ1n) is 7.67. The second kappa shape index (κ2) is 6.19. The van der Waals surface area contributed by atoms with Gasteiger partial charge in [-0.05, 0) is 43.6 Å². The van der Waals surface area contributed by atoms with Gasteiger partial charge in [-0.1, -0.05) is 33.1 Å². The van der Waals surface area contributed by atoms with Crippen LogP contribution in [0.25, 0.3) is 0 Å². The van der Waals surface area contributed by atoms with E-state index < -0.39 is 0 Å². The molecular formula is C15H30N2. The molecule has 1 saturated carbocycles. The molecule has 0 spiro atoms. The Bertz CT molecular complexity index is 229. The first kappa shape index (κ1) is 13.4. The van der Waals surface area contributed by atoms with Crippen molar-refractivity contribution in [3.05, 3.63) is 0 Å². The van der Waals surface area contributed by atoms with E-state index in [0.29, 0.717) is 6.04 Å². The van der Waals surface area contributed by atoms with E-state index in [1.54, 1.807) is 0 Å². The molecule has 0 amide bonds. The molecule has 1 aliphatic heterocycles. The number of piperidine rings is 1. The summed E-state index contributed by atoms with van der Waals surface area (Å²) < 4.78 is 0. The predicted molar refractivity (Wildman–Crippen MR) is 73.9 cm³/mol. The first-order valence-corrected chi connectivity index (χ1v) is 7.67. The van der Waals surface area contributed by atoms with Crippen LogP contribution in [0.15, 0.2) is 0 Å². The van der Waals surface area contributed by atoms with Crippen molar-refractivity contribution in [1.29, 1.82) is 0 Å². The smallest absolute Gasteiger partial charge is 0.00914 e. The van der Waals surface area contributed by atoms with Gasteiger partial charge in [0.2, 0.25) is 0 Å². The van der Waals surface area contributed by atoms with Crippen LogP contribution < -0.4 is 5.73 Å². The van der Waals surface area contributed by atoms with Gasteiger partial charge in [-0.25, -0.2) is 0 Å². The maximum absolute atomic E-state index is 6.18. The van der Waals surface area contributed by atoms with Gasteiger partial charge in [-0.3, -0.25) is 0 Å². The van der Waals surface area contributed by atoms with Crippen LogP contribution in [0.4, 0.5) is 0 Å². The Morgan fingerprint density at radius 3 is 2.76 bits per heavy atom. The molecule has 0 bridgehead atoms. The zero-order valence-electron chi connectivity index (χ0n) is 11.7. The molecule has 0 radical (unpaired) electrons. The third kappa shape index (κ3) is 3.69. The Hall–Kier alpha value is -0.0800. The van der Waals surface area contributed by atoms with Gasteiger partial charge in [0.15, 0.2) is 0 Å². The molecule has 4 atom stereocenters. The summed E-state index contributed by atoms with van der Waals surface area (Å²) in [6.45, 7) is 8.54. The fraction of sp³-hybridized carbons (Fsp3) is 1.00. The number of nitrogens with zero attached hydrogens (tertiary/aromatic N) is 1. The van der Waals surface area contributed by atoms with Gasteiger partial charge in [0.25, 0.3) is 0 Å². The molecule has 100 valence electrons. The Morgan fingerprint density at radius 1 is 1.24 bits per heavy atom. The zero-order valence-corrected chi connectivity index (χ0v) is 11.7. The summed E-state index contributed by atoms with van der Waals surface area (Å²) in [6, 6.07) is 0.460. The normalized spacial score (nSPS) is 40.4. The summed E-state index contributed by atoms with van der Waals surface area (Å²) in [6.07, 6.45) is 8.29. The Morgan fingerprint density at radius 2 is 2.06 bits per heavy atom. The maximum Gasteiger partial charge on any atom is 0.00914 e. The first-order chi connectivity index (χ1) is 8.19. The maximum atomic E-state index is 6.18. The van der Waals surface area contributed by atoms with Crippen molar-refractivity contribution in [2.24, 2.45) is 23.5 Å². The quantitative estimate of drug-likeness (QED) is 0.819. The highest BCUT2D eigenvalue weighted by Crippen LogP contribution is 2.30. The van der Waals surface area contributed by atoms with Crippen LogP contribution in [0.5, 0.6) is 0 Å². The Labute approximate surface area is 107 Å². The molecule has 0 aromatic rings. The molecule has 2 nitrogen and oxygen atoms in total. The minimum atomic E-state index is 0.460. The van der Waals surface area contributed by atoms with Crippen molar-refractivity contribution < 1.29 is 0 Å². The fourth-order valence-corrected chi connectivity index (χ4v) is 3.81. The van der Waals surface area contributed by atoms with Gasteiger partial charge in [0.1, 0.15) is 0 Å². The Kier molecular flexibility index (Phi) is 4.87. The number of likely N-dealkylation sites (tertiary alicyclic amines) is 1. The molecule has 2 heteroatoms. The second-order valence-electron chi connectivity index (χ2n) is 6.52. The molecule has 2 N–H and O–H groups in total. The van der Waals surface area contributed by atoms with Crippen molar-refractivity contribution >= 4 is 0 Å². The van der Waals surface area contributed by atoms with Crippen LogP contribution in [-0.2, 0) is 0 Å². The van der Waals surface area contributed by atoms with Gasteiger partial charge in [-0.2, -0.15) is 0 Å². The van der Waals surface area contributed by atoms with Crippen LogP contribution in [0.1, 0.15) is 52.4 Å². The molecule has 2 fully saturated rings. The highest BCUT2D eigenvalue weighted by atomic mass is 15.1. The lowest BCUT2D eigenvalue weighted by molar-refractivity contribution is 0.114. The van der Waals surface area contributed by atoms with Crippen molar-refractivity contribution in [3.8, 4) is 0 Å². The van der Waals surface area contributed by atoms with Crippen molar-refractivity contribution in [3.63, 3.8) is 0 Å². The highest BCUT2D eigenvalue weighted by Gasteiger charge is 2.28. The summed E-state index contributed by atoms with van der Waals surface area (Å²) in [5.41, 5.74) is 6.18. The van der Waals surface area contributed by atoms with Gasteiger partial charge >= 0.3 is 0 Å². The molecule has 1 heterocycles. The van der Waals surface area contributed by atoms with Crippen LogP contribution in [0.3, 0.4) is 0 Å². The van der Waals surface area contributed by atoms with E-state index in [2.05, 4.69) is 18.7 Å². The molecule has 0 aromatic carbocycles. The van der Waals surface area contributed by atoms with Crippen LogP contribution in [0.2, 0.25) is 0 Å². The van der Waals surface area contributed by atoms with E-state index in [1.165, 1.54) is 58.2 Å². The third-order valence-corrected chi connectivity index (χ3v) is 4.96. The van der Waals surface area contributed by atoms with Gasteiger partial charge in [0.05, 0.1) is 0 Å². The molecule has 1 aliphatic carbocycles. The molecule has 1 saturated heterocycles. The average molecular weight is 238 g/mol. The number of hydrogen-bond donors (Lipinski definition) is 1. The largest absolute Gasteiger partial charge is 0.327 e. The van der Waals surface area contributed by atoms with E-state index in [4.69, 9.17) is 5.73 Å². The molecule has 2 rings (SSSR count). The summed E-state index contributed by atoms with van der Waals surface area (Å²) >= 11 is 0. The number of rotatable bonds is 3. The fourth-order valence-electron chi connectivity index (χ4n) is 3.81. The van der Waals surface area contributed by atoms with Gasteiger partial charge < -0.3 is 10.6 Å². The monoisotopic (exact) mass is 238 g/mol. The topological polar surface area (TPSA) is 29.3 Å². The summed E-state index contributed by atoms with van der Waals surface area (Å²) in [5.74, 6) is 2.66. The van der Waals surface area contributed by atoms with E-state index in [0.717, 1.165) is 17.8 Å². The average Bonchev–Trinajstić information content (AvgIpc) is 2.32. The lowest BCUT2D eigenvalue weighted by atomic mass is 9.81. The SMILES string of the molecule is CCC1CN(CC2CCCC(C)C2)CCC1N. The molecule has 0 aromatic heterocycles. The van der Waals surface area contributed by atoms with Crippen LogP contribution >= 0.6 is 0 Å². The number of hydrogen-bond acceptors (Lipinski definition) is 2. The minimum absolute atomic E-state index is 0.460. The van der Waals surface area contributed by atoms with Gasteiger partial charge in [-0.15, -0.1) is 0 Å². The van der Waals surface area contributed by atoms with Crippen LogP contribution in [0, 0.1) is 17.8 Å². The van der Waals surface area contributed by atoms with Gasteiger partial charge in [0, 0.05) is 19.1 Å². The summed E-state index contributed by atoms with van der Waals surface area (Å²) in [7, 11) is 0. The molecule has 17 heavy (non-hydrogen) atoms. The van der Waals surface area contributed by atoms with Crippen LogP contribution in [-0.4, -0.2) is 30.6 Å². The second-order valence-corrected chi connectivity index (χ2v) is 6.52. The van der Waals surface area contributed by atoms with E-state index in [9.17, 15) is 0 Å². The number of nitrogens with two attached hydrogens (primary N) is 1. The van der Waals surface area contributed by atoms with E-state index in [1.807, 2.05) is 0 Å². The van der Waals surface area contributed by atoms with E-state index in [-0.39, 0.29) is 0 Å². The lowest BCUT2D eigenvalue weighted by Gasteiger charge is -2.39. The van der Waals surface area contributed by atoms with Crippen molar-refractivity contribution in [1.82, 2.24) is 4.90 Å². The lowest BCUT2D eigenvalue weighted by Crippen LogP contribution is -2.48. The zero-order chi connectivity index (χ0) is 12.3. The summed E-state index contributed by atoms with van der Waals surface area (Å²) in [4.78, 5) is 2.69. The summed E-state index contributed by atoms with van der Waals surface area (Å²) in [5, 5.41) is 0. The van der Waals surface area contributed by atoms with Crippen molar-refractivity contribution in [2.75, 3.05) is 19.6 Å². The highest BCUT2D eigenvalue weighted by molar-refractivity contribution is 4.84. The predicted octanol–water partition coefficient (Wildman–Crippen LogP) is 2.87. The third-order valence-electron chi connectivity index (χ3n) is 4.96. The molecular weight excluding hydrogens is 208 g/mol. The van der Waals surface area contributed by atoms with Crippen molar-refractivity contribution in [2.45, 2.75) is 58.4 Å². The van der Waals surface area contributed by atoms with E-state index >= 15 is 0 Å². The molecule has 4 unspecified atom stereocenters. The Balaban J connectivity index is 1.78. The minimum Gasteiger partial charge on any atom is -0.327 e.